The lowest BCUT2D eigenvalue weighted by molar-refractivity contribution is 0.130. The van der Waals surface area contributed by atoms with E-state index in [1.807, 2.05) is 6.07 Å². The fourth-order valence-corrected chi connectivity index (χ4v) is 2.60. The van der Waals surface area contributed by atoms with Crippen molar-refractivity contribution in [2.45, 2.75) is 44.0 Å². The molecule has 0 saturated heterocycles. The third-order valence-electron chi connectivity index (χ3n) is 3.41. The molecule has 1 aliphatic carbocycles. The SMILES string of the molecule is CC1CCC(Oc2ccc(CBr)cc2F)CC1. The van der Waals surface area contributed by atoms with E-state index in [4.69, 9.17) is 4.74 Å². The second kappa shape index (κ2) is 5.85. The van der Waals surface area contributed by atoms with Gasteiger partial charge in [-0.05, 0) is 49.3 Å². The third-order valence-corrected chi connectivity index (χ3v) is 4.05. The van der Waals surface area contributed by atoms with Gasteiger partial charge in [0, 0.05) is 5.33 Å². The molecular weight excluding hydrogens is 283 g/mol. The maximum Gasteiger partial charge on any atom is 0.165 e. The molecule has 0 spiro atoms. The molecule has 0 amide bonds. The number of rotatable bonds is 3. The van der Waals surface area contributed by atoms with Crippen molar-refractivity contribution in [3.8, 4) is 5.75 Å². The van der Waals surface area contributed by atoms with Gasteiger partial charge < -0.3 is 4.74 Å². The van der Waals surface area contributed by atoms with Crippen molar-refractivity contribution in [2.75, 3.05) is 0 Å². The van der Waals surface area contributed by atoms with Crippen LogP contribution in [0.2, 0.25) is 0 Å². The van der Waals surface area contributed by atoms with E-state index in [1.54, 1.807) is 6.07 Å². The Hall–Kier alpha value is -0.570. The molecule has 0 aromatic heterocycles. The first-order chi connectivity index (χ1) is 8.19. The molecule has 1 fully saturated rings. The Morgan fingerprint density at radius 1 is 1.29 bits per heavy atom. The molecule has 0 heterocycles. The van der Waals surface area contributed by atoms with Crippen LogP contribution >= 0.6 is 15.9 Å². The Morgan fingerprint density at radius 3 is 2.59 bits per heavy atom. The highest BCUT2D eigenvalue weighted by Gasteiger charge is 2.20. The largest absolute Gasteiger partial charge is 0.487 e. The molecule has 1 aliphatic rings. The van der Waals surface area contributed by atoms with E-state index in [1.165, 1.54) is 18.9 Å². The predicted octanol–water partition coefficient (Wildman–Crippen LogP) is 4.68. The molecule has 1 aromatic carbocycles. The summed E-state index contributed by atoms with van der Waals surface area (Å²) < 4.78 is 19.5. The quantitative estimate of drug-likeness (QED) is 0.737. The minimum absolute atomic E-state index is 0.190. The van der Waals surface area contributed by atoms with Gasteiger partial charge in [0.2, 0.25) is 0 Å². The van der Waals surface area contributed by atoms with Gasteiger partial charge >= 0.3 is 0 Å². The first kappa shape index (κ1) is 12.9. The number of hydrogen-bond acceptors (Lipinski definition) is 1. The van der Waals surface area contributed by atoms with Gasteiger partial charge in [0.1, 0.15) is 0 Å². The maximum absolute atomic E-state index is 13.7. The van der Waals surface area contributed by atoms with Crippen LogP contribution in [0.1, 0.15) is 38.2 Å². The number of benzene rings is 1. The molecule has 17 heavy (non-hydrogen) atoms. The molecule has 3 heteroatoms. The van der Waals surface area contributed by atoms with Crippen LogP contribution in [0.25, 0.3) is 0 Å². The minimum Gasteiger partial charge on any atom is -0.487 e. The summed E-state index contributed by atoms with van der Waals surface area (Å²) in [5, 5.41) is 0.672. The van der Waals surface area contributed by atoms with Crippen LogP contribution in [0.5, 0.6) is 5.75 Å². The topological polar surface area (TPSA) is 9.23 Å². The van der Waals surface area contributed by atoms with Crippen LogP contribution in [-0.4, -0.2) is 6.10 Å². The monoisotopic (exact) mass is 300 g/mol. The first-order valence-electron chi connectivity index (χ1n) is 6.20. The predicted molar refractivity (Wildman–Crippen MR) is 71.1 cm³/mol. The summed E-state index contributed by atoms with van der Waals surface area (Å²) in [6, 6.07) is 5.18. The normalized spacial score (nSPS) is 24.6. The van der Waals surface area contributed by atoms with Crippen molar-refractivity contribution in [2.24, 2.45) is 5.92 Å². The number of hydrogen-bond donors (Lipinski definition) is 0. The van der Waals surface area contributed by atoms with Crippen LogP contribution in [0.4, 0.5) is 4.39 Å². The number of ether oxygens (including phenoxy) is 1. The van der Waals surface area contributed by atoms with Gasteiger partial charge in [-0.15, -0.1) is 0 Å². The highest BCUT2D eigenvalue weighted by Crippen LogP contribution is 2.28. The van der Waals surface area contributed by atoms with E-state index < -0.39 is 0 Å². The summed E-state index contributed by atoms with van der Waals surface area (Å²) >= 11 is 3.31. The fraction of sp³-hybridized carbons (Fsp3) is 0.571. The smallest absolute Gasteiger partial charge is 0.165 e. The second-order valence-corrected chi connectivity index (χ2v) is 5.46. The Morgan fingerprint density at radius 2 is 2.00 bits per heavy atom. The van der Waals surface area contributed by atoms with Crippen LogP contribution in [0.3, 0.4) is 0 Å². The standard InChI is InChI=1S/C14H18BrFO/c1-10-2-5-12(6-3-10)17-14-7-4-11(9-15)8-13(14)16/h4,7-8,10,12H,2-3,5-6,9H2,1H3. The van der Waals surface area contributed by atoms with E-state index in [9.17, 15) is 4.39 Å². The molecule has 0 radical (unpaired) electrons. The zero-order chi connectivity index (χ0) is 12.3. The number of alkyl halides is 1. The minimum atomic E-state index is -0.249. The molecule has 0 unspecified atom stereocenters. The molecule has 0 atom stereocenters. The van der Waals surface area contributed by atoms with E-state index in [0.717, 1.165) is 24.3 Å². The van der Waals surface area contributed by atoms with Crippen molar-refractivity contribution in [1.82, 2.24) is 0 Å². The fourth-order valence-electron chi connectivity index (χ4n) is 2.25. The molecule has 0 bridgehead atoms. The molecule has 1 nitrogen and oxygen atoms in total. The van der Waals surface area contributed by atoms with Gasteiger partial charge in [0.15, 0.2) is 11.6 Å². The van der Waals surface area contributed by atoms with Gasteiger partial charge in [-0.25, -0.2) is 4.39 Å². The van der Waals surface area contributed by atoms with Gasteiger partial charge in [0.05, 0.1) is 6.10 Å². The van der Waals surface area contributed by atoms with Crippen LogP contribution < -0.4 is 4.74 Å². The second-order valence-electron chi connectivity index (χ2n) is 4.90. The lowest BCUT2D eigenvalue weighted by Gasteiger charge is -2.27. The maximum atomic E-state index is 13.7. The average molecular weight is 301 g/mol. The van der Waals surface area contributed by atoms with Gasteiger partial charge in [-0.3, -0.25) is 0 Å². The summed E-state index contributed by atoms with van der Waals surface area (Å²) in [6.45, 7) is 2.27. The van der Waals surface area contributed by atoms with Gasteiger partial charge in [0.25, 0.3) is 0 Å². The lowest BCUT2D eigenvalue weighted by atomic mass is 9.89. The van der Waals surface area contributed by atoms with E-state index in [-0.39, 0.29) is 11.9 Å². The Labute approximate surface area is 110 Å². The van der Waals surface area contributed by atoms with Gasteiger partial charge in [-0.1, -0.05) is 28.9 Å². The van der Waals surface area contributed by atoms with Crippen LogP contribution in [-0.2, 0) is 5.33 Å². The number of halogens is 2. The van der Waals surface area contributed by atoms with Crippen molar-refractivity contribution in [3.05, 3.63) is 29.6 Å². The zero-order valence-electron chi connectivity index (χ0n) is 10.1. The van der Waals surface area contributed by atoms with Crippen molar-refractivity contribution < 1.29 is 9.13 Å². The average Bonchev–Trinajstić information content (AvgIpc) is 2.34. The van der Waals surface area contributed by atoms with Gasteiger partial charge in [-0.2, -0.15) is 0 Å². The first-order valence-corrected chi connectivity index (χ1v) is 7.32. The summed E-state index contributed by atoms with van der Waals surface area (Å²) in [5.41, 5.74) is 0.937. The van der Waals surface area contributed by atoms with Crippen LogP contribution in [0, 0.1) is 11.7 Å². The third kappa shape index (κ3) is 3.44. The summed E-state index contributed by atoms with van der Waals surface area (Å²) in [6.07, 6.45) is 4.65. The van der Waals surface area contributed by atoms with Crippen molar-refractivity contribution in [1.29, 1.82) is 0 Å². The molecular formula is C14H18BrFO. The molecule has 2 rings (SSSR count). The Bertz CT molecular complexity index is 372. The zero-order valence-corrected chi connectivity index (χ0v) is 11.7. The molecule has 94 valence electrons. The van der Waals surface area contributed by atoms with Crippen molar-refractivity contribution >= 4 is 15.9 Å². The van der Waals surface area contributed by atoms with E-state index in [2.05, 4.69) is 22.9 Å². The lowest BCUT2D eigenvalue weighted by Crippen LogP contribution is -2.23. The molecule has 1 saturated carbocycles. The summed E-state index contributed by atoms with van der Waals surface area (Å²) in [7, 11) is 0. The molecule has 0 N–H and O–H groups in total. The highest BCUT2D eigenvalue weighted by molar-refractivity contribution is 9.08. The molecule has 1 aromatic rings. The Kier molecular flexibility index (Phi) is 4.43. The Balaban J connectivity index is 1.99. The van der Waals surface area contributed by atoms with E-state index >= 15 is 0 Å². The molecule has 0 aliphatic heterocycles. The summed E-state index contributed by atoms with van der Waals surface area (Å²) in [5.74, 6) is 0.935. The highest BCUT2D eigenvalue weighted by atomic mass is 79.9. The van der Waals surface area contributed by atoms with Crippen molar-refractivity contribution in [3.63, 3.8) is 0 Å². The van der Waals surface area contributed by atoms with E-state index in [0.29, 0.717) is 11.1 Å². The summed E-state index contributed by atoms with van der Waals surface area (Å²) in [4.78, 5) is 0. The van der Waals surface area contributed by atoms with Crippen LogP contribution in [0.15, 0.2) is 18.2 Å².